The zero-order valence-corrected chi connectivity index (χ0v) is 16.5. The largest absolute Gasteiger partial charge is 0.497 e. The normalized spacial score (nSPS) is 10.5. The number of anilines is 2. The van der Waals surface area contributed by atoms with Gasteiger partial charge in [0.1, 0.15) is 11.5 Å². The standard InChI is InChI=1S/C19H20N6O5/c1-5-7-24(8-6-2)16-21-17(25-18(22-16)23-19(27)30-25)20-15(26)12-9-13(28-3)11-14(10-12)29-4/h5-6,9-11H,1-2,7-8H2,3-4H3,(H,20,21,22,23,26,27). The average molecular weight is 412 g/mol. The number of amides is 1. The number of methoxy groups -OCH3 is 2. The lowest BCUT2D eigenvalue weighted by molar-refractivity contribution is 0.102. The number of aromatic nitrogens is 4. The van der Waals surface area contributed by atoms with Gasteiger partial charge in [0.05, 0.1) is 14.2 Å². The van der Waals surface area contributed by atoms with Crippen molar-refractivity contribution in [3.8, 4) is 11.5 Å². The van der Waals surface area contributed by atoms with Gasteiger partial charge in [-0.1, -0.05) is 16.7 Å². The van der Waals surface area contributed by atoms with Crippen molar-refractivity contribution >= 4 is 23.6 Å². The zero-order chi connectivity index (χ0) is 21.7. The molecule has 0 unspecified atom stereocenters. The van der Waals surface area contributed by atoms with Crippen molar-refractivity contribution in [2.75, 3.05) is 37.5 Å². The van der Waals surface area contributed by atoms with Crippen LogP contribution in [0, 0.1) is 0 Å². The number of carbonyl (C=O) groups is 1. The summed E-state index contributed by atoms with van der Waals surface area (Å²) in [5, 5.41) is 2.61. The molecule has 0 atom stereocenters. The van der Waals surface area contributed by atoms with Crippen LogP contribution in [-0.2, 0) is 0 Å². The quantitative estimate of drug-likeness (QED) is 0.521. The summed E-state index contributed by atoms with van der Waals surface area (Å²) in [6.07, 6.45) is 3.32. The van der Waals surface area contributed by atoms with E-state index in [1.54, 1.807) is 23.1 Å². The molecule has 0 aliphatic rings. The number of ether oxygens (including phenoxy) is 2. The fourth-order valence-corrected chi connectivity index (χ4v) is 2.61. The predicted molar refractivity (Wildman–Crippen MR) is 109 cm³/mol. The molecule has 3 aromatic rings. The first-order chi connectivity index (χ1) is 14.5. The summed E-state index contributed by atoms with van der Waals surface area (Å²) in [6.45, 7) is 8.22. The van der Waals surface area contributed by atoms with Crippen molar-refractivity contribution in [2.24, 2.45) is 0 Å². The highest BCUT2D eigenvalue weighted by Gasteiger charge is 2.19. The van der Waals surface area contributed by atoms with Crippen molar-refractivity contribution in [2.45, 2.75) is 0 Å². The Morgan fingerprint density at radius 2 is 1.77 bits per heavy atom. The minimum atomic E-state index is -0.876. The number of rotatable bonds is 9. The van der Waals surface area contributed by atoms with E-state index in [1.165, 1.54) is 26.4 Å². The van der Waals surface area contributed by atoms with Gasteiger partial charge in [-0.15, -0.1) is 18.1 Å². The molecule has 0 bridgehead atoms. The second kappa shape index (κ2) is 8.90. The number of fused-ring (bicyclic) bond motifs is 1. The van der Waals surface area contributed by atoms with E-state index in [-0.39, 0.29) is 23.2 Å². The molecule has 1 amide bonds. The number of hydrogen-bond donors (Lipinski definition) is 1. The second-order valence-corrected chi connectivity index (χ2v) is 5.95. The third-order valence-electron chi connectivity index (χ3n) is 3.96. The van der Waals surface area contributed by atoms with Gasteiger partial charge in [-0.2, -0.15) is 9.97 Å². The maximum Gasteiger partial charge on any atom is 0.462 e. The van der Waals surface area contributed by atoms with E-state index in [9.17, 15) is 9.59 Å². The van der Waals surface area contributed by atoms with Gasteiger partial charge in [0.2, 0.25) is 5.95 Å². The summed E-state index contributed by atoms with van der Waals surface area (Å²) in [5.74, 6) is -0.457. The molecular formula is C19H20N6O5. The van der Waals surface area contributed by atoms with Crippen LogP contribution in [0.4, 0.5) is 11.9 Å². The highest BCUT2D eigenvalue weighted by Crippen LogP contribution is 2.23. The first-order valence-electron chi connectivity index (χ1n) is 8.78. The van der Waals surface area contributed by atoms with Crippen LogP contribution >= 0.6 is 0 Å². The van der Waals surface area contributed by atoms with Crippen LogP contribution < -0.4 is 25.4 Å². The zero-order valence-electron chi connectivity index (χ0n) is 16.5. The molecule has 1 N–H and O–H groups in total. The Morgan fingerprint density at radius 3 is 2.33 bits per heavy atom. The lowest BCUT2D eigenvalue weighted by atomic mass is 10.2. The summed E-state index contributed by atoms with van der Waals surface area (Å²) in [4.78, 5) is 38.4. The van der Waals surface area contributed by atoms with E-state index in [2.05, 4.69) is 33.4 Å². The fraction of sp³-hybridized carbons (Fsp3) is 0.211. The molecule has 0 radical (unpaired) electrons. The van der Waals surface area contributed by atoms with Crippen LogP contribution in [0.5, 0.6) is 11.5 Å². The van der Waals surface area contributed by atoms with Crippen LogP contribution in [0.1, 0.15) is 10.4 Å². The molecular weight excluding hydrogens is 392 g/mol. The molecule has 11 nitrogen and oxygen atoms in total. The van der Waals surface area contributed by atoms with Crippen LogP contribution in [-0.4, -0.2) is 52.7 Å². The molecule has 0 fully saturated rings. The highest BCUT2D eigenvalue weighted by molar-refractivity contribution is 6.04. The number of hydrogen-bond acceptors (Lipinski definition) is 9. The minimum absolute atomic E-state index is 0.0540. The monoisotopic (exact) mass is 412 g/mol. The summed E-state index contributed by atoms with van der Waals surface area (Å²) in [5.41, 5.74) is 0.246. The molecule has 0 saturated carbocycles. The van der Waals surface area contributed by atoms with E-state index in [0.29, 0.717) is 24.6 Å². The Kier molecular flexibility index (Phi) is 6.11. The summed E-state index contributed by atoms with van der Waals surface area (Å²) in [7, 11) is 2.95. The van der Waals surface area contributed by atoms with Crippen LogP contribution in [0.3, 0.4) is 0 Å². The predicted octanol–water partition coefficient (Wildman–Crippen LogP) is 1.53. The van der Waals surface area contributed by atoms with Gasteiger partial charge < -0.3 is 18.9 Å². The highest BCUT2D eigenvalue weighted by atomic mass is 16.5. The van der Waals surface area contributed by atoms with Crippen molar-refractivity contribution in [3.63, 3.8) is 0 Å². The molecule has 0 aliphatic carbocycles. The molecule has 2 aromatic heterocycles. The van der Waals surface area contributed by atoms with E-state index in [4.69, 9.17) is 14.0 Å². The number of nitrogens with zero attached hydrogens (tertiary/aromatic N) is 5. The smallest absolute Gasteiger partial charge is 0.462 e. The van der Waals surface area contributed by atoms with Crippen molar-refractivity contribution in [1.82, 2.24) is 19.5 Å². The molecule has 2 heterocycles. The second-order valence-electron chi connectivity index (χ2n) is 5.95. The number of benzene rings is 1. The number of carbonyl (C=O) groups excluding carboxylic acids is 1. The fourth-order valence-electron chi connectivity index (χ4n) is 2.61. The summed E-state index contributed by atoms with van der Waals surface area (Å²) < 4.78 is 16.3. The van der Waals surface area contributed by atoms with E-state index >= 15 is 0 Å². The van der Waals surface area contributed by atoms with Gasteiger partial charge in [-0.05, 0) is 12.1 Å². The molecule has 30 heavy (non-hydrogen) atoms. The molecule has 0 aliphatic heterocycles. The van der Waals surface area contributed by atoms with Crippen LogP contribution in [0.2, 0.25) is 0 Å². The Morgan fingerprint density at radius 1 is 1.13 bits per heavy atom. The average Bonchev–Trinajstić information content (AvgIpc) is 3.13. The lowest BCUT2D eigenvalue weighted by Crippen LogP contribution is -2.27. The summed E-state index contributed by atoms with van der Waals surface area (Å²) in [6, 6.07) is 4.70. The van der Waals surface area contributed by atoms with Crippen molar-refractivity contribution < 1.29 is 18.8 Å². The van der Waals surface area contributed by atoms with Crippen LogP contribution in [0.25, 0.3) is 5.78 Å². The van der Waals surface area contributed by atoms with Gasteiger partial charge in [-0.3, -0.25) is 10.1 Å². The minimum Gasteiger partial charge on any atom is -0.497 e. The van der Waals surface area contributed by atoms with Gasteiger partial charge in [0.25, 0.3) is 17.6 Å². The van der Waals surface area contributed by atoms with E-state index < -0.39 is 11.7 Å². The van der Waals surface area contributed by atoms with E-state index in [1.807, 2.05) is 0 Å². The Labute approximate surface area is 171 Å². The lowest BCUT2D eigenvalue weighted by Gasteiger charge is -2.19. The Hall–Kier alpha value is -4.15. The SMILES string of the molecule is C=CCN(CC=C)c1nc(NC(=O)c2cc(OC)cc(OC)c2)n2oc(=O)nc2n1. The first-order valence-corrected chi connectivity index (χ1v) is 8.78. The molecule has 0 spiro atoms. The third kappa shape index (κ3) is 4.29. The Bertz CT molecular complexity index is 1120. The third-order valence-corrected chi connectivity index (χ3v) is 3.96. The van der Waals surface area contributed by atoms with Gasteiger partial charge in [0.15, 0.2) is 0 Å². The van der Waals surface area contributed by atoms with Gasteiger partial charge in [0, 0.05) is 24.7 Å². The van der Waals surface area contributed by atoms with Crippen molar-refractivity contribution in [3.05, 3.63) is 59.6 Å². The topological polar surface area (TPSA) is 124 Å². The van der Waals surface area contributed by atoms with Gasteiger partial charge in [-0.25, -0.2) is 4.79 Å². The molecule has 1 aromatic carbocycles. The molecule has 3 rings (SSSR count). The van der Waals surface area contributed by atoms with Crippen molar-refractivity contribution in [1.29, 1.82) is 0 Å². The van der Waals surface area contributed by atoms with Crippen LogP contribution in [0.15, 0.2) is 52.8 Å². The number of nitrogens with one attached hydrogen (secondary N) is 1. The molecule has 0 saturated heterocycles. The maximum absolute atomic E-state index is 12.9. The first kappa shape index (κ1) is 20.6. The molecule has 11 heteroatoms. The van der Waals surface area contributed by atoms with E-state index in [0.717, 1.165) is 4.57 Å². The Balaban J connectivity index is 2.04. The maximum atomic E-state index is 12.9. The molecule has 156 valence electrons. The van der Waals surface area contributed by atoms with Gasteiger partial charge >= 0.3 is 5.76 Å². The summed E-state index contributed by atoms with van der Waals surface area (Å²) >= 11 is 0.